The molecule has 3 aromatic rings. The minimum atomic E-state index is -4.26. The predicted octanol–water partition coefficient (Wildman–Crippen LogP) is 3.13. The standard InChI is InChI=1S/C25H28F2N6O3S/c1-25(2)22-21(15-33(25)37(35,36)20-13-17(26)12-18(27)14-20)23(30-29-22)28-24(34)16-4-6-19(7-5-16)32-10-8-31(3)9-11-32/h4-7,12-14H,8-11,15H2,1-3H3,(H2,28,29,30,34). The maximum atomic E-state index is 13.8. The summed E-state index contributed by atoms with van der Waals surface area (Å²) in [5, 5.41) is 9.81. The van der Waals surface area contributed by atoms with Gasteiger partial charge in [0.15, 0.2) is 5.82 Å². The van der Waals surface area contributed by atoms with E-state index in [2.05, 4.69) is 32.4 Å². The molecule has 0 aliphatic carbocycles. The summed E-state index contributed by atoms with van der Waals surface area (Å²) in [5.41, 5.74) is 1.37. The second-order valence-electron chi connectivity index (χ2n) is 9.89. The topological polar surface area (TPSA) is 102 Å². The zero-order valence-corrected chi connectivity index (χ0v) is 21.6. The Balaban J connectivity index is 1.35. The van der Waals surface area contributed by atoms with Crippen LogP contribution in [-0.4, -0.2) is 67.0 Å². The van der Waals surface area contributed by atoms with Gasteiger partial charge in [-0.15, -0.1) is 0 Å². The molecule has 2 N–H and O–H groups in total. The van der Waals surface area contributed by atoms with Crippen LogP contribution in [0.2, 0.25) is 0 Å². The van der Waals surface area contributed by atoms with Gasteiger partial charge in [0.05, 0.1) is 16.1 Å². The van der Waals surface area contributed by atoms with Crippen LogP contribution in [0.3, 0.4) is 0 Å². The number of benzene rings is 2. The molecule has 37 heavy (non-hydrogen) atoms. The Morgan fingerprint density at radius 2 is 1.65 bits per heavy atom. The van der Waals surface area contributed by atoms with E-state index in [-0.39, 0.29) is 18.3 Å². The number of hydrogen-bond donors (Lipinski definition) is 2. The molecule has 1 aromatic heterocycles. The van der Waals surface area contributed by atoms with E-state index in [9.17, 15) is 22.0 Å². The van der Waals surface area contributed by atoms with Crippen LogP contribution in [0.25, 0.3) is 0 Å². The van der Waals surface area contributed by atoms with Gasteiger partial charge in [-0.3, -0.25) is 9.89 Å². The van der Waals surface area contributed by atoms with Gasteiger partial charge in [0, 0.05) is 55.6 Å². The van der Waals surface area contributed by atoms with Gasteiger partial charge in [0.25, 0.3) is 5.91 Å². The molecule has 2 aromatic carbocycles. The minimum Gasteiger partial charge on any atom is -0.369 e. The largest absolute Gasteiger partial charge is 0.369 e. The molecule has 0 unspecified atom stereocenters. The molecule has 1 fully saturated rings. The SMILES string of the molecule is CN1CCN(c2ccc(C(=O)Nc3n[nH]c4c3CN(S(=O)(=O)c3cc(F)cc(F)c3)C4(C)C)cc2)CC1. The number of rotatable bonds is 5. The summed E-state index contributed by atoms with van der Waals surface area (Å²) in [7, 11) is -2.17. The molecular weight excluding hydrogens is 502 g/mol. The summed E-state index contributed by atoms with van der Waals surface area (Å²) in [5.74, 6) is -2.14. The molecule has 196 valence electrons. The van der Waals surface area contributed by atoms with Crippen molar-refractivity contribution < 1.29 is 22.0 Å². The van der Waals surface area contributed by atoms with Gasteiger partial charge in [-0.2, -0.15) is 9.40 Å². The third kappa shape index (κ3) is 4.60. The van der Waals surface area contributed by atoms with Crippen molar-refractivity contribution in [3.05, 3.63) is 70.9 Å². The fourth-order valence-electron chi connectivity index (χ4n) is 4.85. The molecule has 0 bridgehead atoms. The van der Waals surface area contributed by atoms with Crippen molar-refractivity contribution in [1.82, 2.24) is 19.4 Å². The van der Waals surface area contributed by atoms with Crippen molar-refractivity contribution in [2.24, 2.45) is 0 Å². The maximum Gasteiger partial charge on any atom is 0.256 e. The number of aromatic amines is 1. The van der Waals surface area contributed by atoms with Crippen molar-refractivity contribution in [2.45, 2.75) is 30.8 Å². The van der Waals surface area contributed by atoms with Crippen molar-refractivity contribution in [1.29, 1.82) is 0 Å². The summed E-state index contributed by atoms with van der Waals surface area (Å²) in [6.07, 6.45) is 0. The molecular formula is C25H28F2N6O3S. The number of aromatic nitrogens is 2. The van der Waals surface area contributed by atoms with E-state index >= 15 is 0 Å². The summed E-state index contributed by atoms with van der Waals surface area (Å²) in [4.78, 5) is 17.0. The van der Waals surface area contributed by atoms with Crippen LogP contribution in [0.5, 0.6) is 0 Å². The smallest absolute Gasteiger partial charge is 0.256 e. The van der Waals surface area contributed by atoms with Crippen molar-refractivity contribution in [3.63, 3.8) is 0 Å². The molecule has 1 amide bonds. The molecule has 0 spiro atoms. The highest BCUT2D eigenvalue weighted by Gasteiger charge is 2.48. The van der Waals surface area contributed by atoms with Gasteiger partial charge >= 0.3 is 0 Å². The van der Waals surface area contributed by atoms with E-state index in [1.165, 1.54) is 0 Å². The zero-order valence-electron chi connectivity index (χ0n) is 20.8. The molecule has 0 atom stereocenters. The summed E-state index contributed by atoms with van der Waals surface area (Å²) in [6, 6.07) is 9.49. The first-order valence-electron chi connectivity index (χ1n) is 11.9. The number of piperazine rings is 1. The van der Waals surface area contributed by atoms with Crippen LogP contribution in [0, 0.1) is 11.6 Å². The first kappa shape index (κ1) is 25.3. The van der Waals surface area contributed by atoms with Crippen LogP contribution in [0.15, 0.2) is 47.4 Å². The number of anilines is 2. The van der Waals surface area contributed by atoms with Gasteiger partial charge in [-0.1, -0.05) is 0 Å². The Bertz CT molecular complexity index is 1430. The second-order valence-corrected chi connectivity index (χ2v) is 11.8. The number of H-pyrrole nitrogens is 1. The third-order valence-electron chi connectivity index (χ3n) is 7.06. The lowest BCUT2D eigenvalue weighted by atomic mass is 10.0. The highest BCUT2D eigenvalue weighted by Crippen LogP contribution is 2.43. The van der Waals surface area contributed by atoms with Gasteiger partial charge in [0.1, 0.15) is 11.6 Å². The molecule has 5 rings (SSSR count). The van der Waals surface area contributed by atoms with E-state index in [0.29, 0.717) is 22.9 Å². The van der Waals surface area contributed by atoms with Crippen molar-refractivity contribution in [2.75, 3.05) is 43.4 Å². The molecule has 1 saturated heterocycles. The minimum absolute atomic E-state index is 0.128. The highest BCUT2D eigenvalue weighted by atomic mass is 32.2. The average Bonchev–Trinajstić information content (AvgIpc) is 3.37. The number of nitrogens with one attached hydrogen (secondary N) is 2. The van der Waals surface area contributed by atoms with Crippen LogP contribution in [0.4, 0.5) is 20.3 Å². The Hall–Kier alpha value is -3.35. The van der Waals surface area contributed by atoms with Crippen LogP contribution < -0.4 is 10.2 Å². The highest BCUT2D eigenvalue weighted by molar-refractivity contribution is 7.89. The molecule has 2 aliphatic rings. The van der Waals surface area contributed by atoms with Crippen LogP contribution in [0.1, 0.15) is 35.5 Å². The maximum absolute atomic E-state index is 13.8. The van der Waals surface area contributed by atoms with E-state index in [4.69, 9.17) is 0 Å². The lowest BCUT2D eigenvalue weighted by Crippen LogP contribution is -2.44. The molecule has 9 nitrogen and oxygen atoms in total. The number of halogens is 2. The fourth-order valence-corrected chi connectivity index (χ4v) is 6.62. The molecule has 0 radical (unpaired) electrons. The molecule has 2 aliphatic heterocycles. The monoisotopic (exact) mass is 530 g/mol. The Morgan fingerprint density at radius 3 is 2.27 bits per heavy atom. The number of sulfonamides is 1. The van der Waals surface area contributed by atoms with Crippen LogP contribution >= 0.6 is 0 Å². The van der Waals surface area contributed by atoms with E-state index in [1.54, 1.807) is 26.0 Å². The predicted molar refractivity (Wildman–Crippen MR) is 135 cm³/mol. The zero-order chi connectivity index (χ0) is 26.5. The first-order chi connectivity index (χ1) is 17.5. The lowest BCUT2D eigenvalue weighted by molar-refractivity contribution is 0.102. The van der Waals surface area contributed by atoms with Gasteiger partial charge in [0.2, 0.25) is 10.0 Å². The van der Waals surface area contributed by atoms with Gasteiger partial charge in [-0.25, -0.2) is 17.2 Å². The van der Waals surface area contributed by atoms with Crippen molar-refractivity contribution >= 4 is 27.4 Å². The Kier molecular flexibility index (Phi) is 6.29. The molecule has 3 heterocycles. The van der Waals surface area contributed by atoms with E-state index in [0.717, 1.165) is 48.3 Å². The first-order valence-corrected chi connectivity index (χ1v) is 13.3. The van der Waals surface area contributed by atoms with Crippen molar-refractivity contribution in [3.8, 4) is 0 Å². The summed E-state index contributed by atoms with van der Waals surface area (Å²) >= 11 is 0. The normalized spacial score (nSPS) is 18.1. The number of hydrogen-bond acceptors (Lipinski definition) is 6. The number of nitrogens with zero attached hydrogens (tertiary/aromatic N) is 4. The van der Waals surface area contributed by atoms with E-state index in [1.807, 2.05) is 12.1 Å². The van der Waals surface area contributed by atoms with Gasteiger partial charge < -0.3 is 15.1 Å². The Morgan fingerprint density at radius 1 is 1.03 bits per heavy atom. The fraction of sp³-hybridized carbons (Fsp3) is 0.360. The quantitative estimate of drug-likeness (QED) is 0.526. The summed E-state index contributed by atoms with van der Waals surface area (Å²) in [6.45, 7) is 6.97. The second kappa shape index (κ2) is 9.19. The third-order valence-corrected chi connectivity index (χ3v) is 9.06. The summed E-state index contributed by atoms with van der Waals surface area (Å²) < 4.78 is 55.3. The number of likely N-dealkylation sites (N-methyl/N-ethyl adjacent to an activating group) is 1. The number of fused-ring (bicyclic) bond motifs is 1. The average molecular weight is 531 g/mol. The molecule has 12 heteroatoms. The van der Waals surface area contributed by atoms with E-state index < -0.39 is 32.1 Å². The van der Waals surface area contributed by atoms with Gasteiger partial charge in [-0.05, 0) is 57.3 Å². The number of carbonyl (C=O) groups is 1. The number of carbonyl (C=O) groups excluding carboxylic acids is 1. The number of amides is 1. The lowest BCUT2D eigenvalue weighted by Gasteiger charge is -2.34. The Labute approximate surface area is 214 Å². The molecule has 0 saturated carbocycles. The van der Waals surface area contributed by atoms with Crippen LogP contribution in [-0.2, 0) is 22.1 Å².